The summed E-state index contributed by atoms with van der Waals surface area (Å²) < 4.78 is 1.64. The normalized spacial score (nSPS) is 10.4. The Labute approximate surface area is 128 Å². The summed E-state index contributed by atoms with van der Waals surface area (Å²) in [6, 6.07) is 5.35. The quantitative estimate of drug-likeness (QED) is 0.756. The van der Waals surface area contributed by atoms with Gasteiger partial charge in [-0.3, -0.25) is 9.59 Å². The third-order valence-corrected chi connectivity index (χ3v) is 3.23. The fourth-order valence-electron chi connectivity index (χ4n) is 2.09. The second-order valence-electron chi connectivity index (χ2n) is 4.95. The van der Waals surface area contributed by atoms with Crippen LogP contribution >= 0.6 is 0 Å². The summed E-state index contributed by atoms with van der Waals surface area (Å²) in [7, 11) is 0. The number of aryl methyl sites for hydroxylation is 1. The Hall–Kier alpha value is -2.70. The molecule has 22 heavy (non-hydrogen) atoms. The molecule has 0 aliphatic rings. The Morgan fingerprint density at radius 2 is 2.14 bits per heavy atom. The van der Waals surface area contributed by atoms with E-state index in [1.165, 1.54) is 6.33 Å². The van der Waals surface area contributed by atoms with Crippen molar-refractivity contribution < 1.29 is 14.7 Å². The molecule has 1 amide bonds. The highest BCUT2D eigenvalue weighted by Gasteiger charge is 2.08. The summed E-state index contributed by atoms with van der Waals surface area (Å²) in [5.41, 5.74) is 2.36. The van der Waals surface area contributed by atoms with E-state index >= 15 is 0 Å². The highest BCUT2D eigenvalue weighted by atomic mass is 16.4. The number of rotatable bonds is 7. The number of aromatic nitrogens is 3. The van der Waals surface area contributed by atoms with Crippen LogP contribution in [0, 0.1) is 6.92 Å². The summed E-state index contributed by atoms with van der Waals surface area (Å²) in [5, 5.41) is 15.4. The molecule has 0 saturated heterocycles. The van der Waals surface area contributed by atoms with Crippen molar-refractivity contribution in [3.05, 3.63) is 42.0 Å². The lowest BCUT2D eigenvalue weighted by Gasteiger charge is -2.09. The molecule has 1 aromatic carbocycles. The van der Waals surface area contributed by atoms with Crippen molar-refractivity contribution in [3.8, 4) is 5.69 Å². The van der Waals surface area contributed by atoms with Gasteiger partial charge in [-0.15, -0.1) is 0 Å². The fourth-order valence-corrected chi connectivity index (χ4v) is 2.09. The van der Waals surface area contributed by atoms with Crippen molar-refractivity contribution in [3.63, 3.8) is 0 Å². The van der Waals surface area contributed by atoms with Gasteiger partial charge in [0.2, 0.25) is 0 Å². The predicted octanol–water partition coefficient (Wildman–Crippen LogP) is 1.56. The maximum Gasteiger partial charge on any atom is 0.303 e. The molecule has 0 spiro atoms. The topological polar surface area (TPSA) is 97.1 Å². The molecule has 116 valence electrons. The Bertz CT molecular complexity index is 653. The molecule has 0 atom stereocenters. The summed E-state index contributed by atoms with van der Waals surface area (Å²) >= 11 is 0. The van der Waals surface area contributed by atoms with Gasteiger partial charge in [0.1, 0.15) is 12.7 Å². The molecule has 7 nitrogen and oxygen atoms in total. The summed E-state index contributed by atoms with van der Waals surface area (Å²) in [4.78, 5) is 26.3. The Balaban J connectivity index is 1.91. The minimum absolute atomic E-state index is 0.127. The molecule has 2 aromatic rings. The largest absolute Gasteiger partial charge is 0.481 e. The highest BCUT2D eigenvalue weighted by molar-refractivity contribution is 5.94. The minimum atomic E-state index is -0.814. The number of nitrogens with one attached hydrogen (secondary N) is 1. The molecule has 2 N–H and O–H groups in total. The van der Waals surface area contributed by atoms with Crippen molar-refractivity contribution in [1.29, 1.82) is 0 Å². The zero-order valence-corrected chi connectivity index (χ0v) is 12.3. The van der Waals surface area contributed by atoms with Crippen LogP contribution in [-0.2, 0) is 4.79 Å². The number of nitrogens with zero attached hydrogens (tertiary/aromatic N) is 3. The van der Waals surface area contributed by atoms with E-state index in [1.807, 2.05) is 13.0 Å². The van der Waals surface area contributed by atoms with Gasteiger partial charge in [0.05, 0.1) is 5.69 Å². The zero-order valence-electron chi connectivity index (χ0n) is 12.3. The van der Waals surface area contributed by atoms with Crippen LogP contribution < -0.4 is 5.32 Å². The van der Waals surface area contributed by atoms with Gasteiger partial charge in [-0.25, -0.2) is 9.67 Å². The van der Waals surface area contributed by atoms with Gasteiger partial charge in [-0.2, -0.15) is 5.10 Å². The number of hydrogen-bond donors (Lipinski definition) is 2. The Morgan fingerprint density at radius 3 is 2.77 bits per heavy atom. The molecule has 0 bridgehead atoms. The molecular formula is C15H18N4O3. The first kappa shape index (κ1) is 15.7. The number of amides is 1. The van der Waals surface area contributed by atoms with Crippen LogP contribution in [0.1, 0.15) is 35.2 Å². The number of unbranched alkanes of at least 4 members (excludes halogenated alkanes) is 1. The van der Waals surface area contributed by atoms with Gasteiger partial charge < -0.3 is 10.4 Å². The molecule has 0 aliphatic heterocycles. The van der Waals surface area contributed by atoms with Gasteiger partial charge in [0.25, 0.3) is 5.91 Å². The van der Waals surface area contributed by atoms with Crippen molar-refractivity contribution in [2.45, 2.75) is 26.2 Å². The first-order chi connectivity index (χ1) is 10.6. The molecule has 0 fully saturated rings. The van der Waals surface area contributed by atoms with E-state index in [4.69, 9.17) is 5.11 Å². The van der Waals surface area contributed by atoms with Gasteiger partial charge >= 0.3 is 5.97 Å². The molecule has 1 aromatic heterocycles. The molecule has 2 rings (SSSR count). The number of carboxylic acid groups (broad SMARTS) is 1. The first-order valence-electron chi connectivity index (χ1n) is 7.03. The second kappa shape index (κ2) is 7.35. The molecule has 0 saturated carbocycles. The maximum atomic E-state index is 12.0. The molecule has 0 unspecified atom stereocenters. The van der Waals surface area contributed by atoms with Crippen LogP contribution in [0.25, 0.3) is 5.69 Å². The van der Waals surface area contributed by atoms with E-state index in [9.17, 15) is 9.59 Å². The third-order valence-electron chi connectivity index (χ3n) is 3.23. The lowest BCUT2D eigenvalue weighted by molar-refractivity contribution is -0.137. The lowest BCUT2D eigenvalue weighted by atomic mass is 10.1. The minimum Gasteiger partial charge on any atom is -0.481 e. The van der Waals surface area contributed by atoms with Gasteiger partial charge in [-0.1, -0.05) is 0 Å². The zero-order chi connectivity index (χ0) is 15.9. The smallest absolute Gasteiger partial charge is 0.303 e. The fraction of sp³-hybridized carbons (Fsp3) is 0.333. The standard InChI is InChI=1S/C15H18N4O3/c1-11-8-12(5-6-13(11)19-10-16-9-18-19)15(22)17-7-3-2-4-14(20)21/h5-6,8-10H,2-4,7H2,1H3,(H,17,22)(H,20,21). The van der Waals surface area contributed by atoms with E-state index in [0.717, 1.165) is 11.3 Å². The molecule has 0 aliphatic carbocycles. The summed E-state index contributed by atoms with van der Waals surface area (Å²) in [5.74, 6) is -0.978. The van der Waals surface area contributed by atoms with Crippen LogP contribution in [0.4, 0.5) is 0 Å². The van der Waals surface area contributed by atoms with Crippen molar-refractivity contribution in [2.24, 2.45) is 0 Å². The first-order valence-corrected chi connectivity index (χ1v) is 7.03. The lowest BCUT2D eigenvalue weighted by Crippen LogP contribution is -2.24. The van der Waals surface area contributed by atoms with Gasteiger partial charge in [0.15, 0.2) is 0 Å². The highest BCUT2D eigenvalue weighted by Crippen LogP contribution is 2.14. The summed E-state index contributed by atoms with van der Waals surface area (Å²) in [6.45, 7) is 2.37. The second-order valence-corrected chi connectivity index (χ2v) is 4.95. The van der Waals surface area contributed by atoms with Gasteiger partial charge in [0, 0.05) is 18.5 Å². The summed E-state index contributed by atoms with van der Waals surface area (Å²) in [6.07, 6.45) is 4.39. The van der Waals surface area contributed by atoms with Crippen molar-refractivity contribution in [1.82, 2.24) is 20.1 Å². The number of carbonyl (C=O) groups is 2. The third kappa shape index (κ3) is 4.15. The molecule has 1 heterocycles. The SMILES string of the molecule is Cc1cc(C(=O)NCCCCC(=O)O)ccc1-n1cncn1. The number of aliphatic carboxylic acids is 1. The van der Waals surface area contributed by atoms with E-state index in [2.05, 4.69) is 15.4 Å². The number of carboxylic acids is 1. The molecule has 7 heteroatoms. The Morgan fingerprint density at radius 1 is 1.32 bits per heavy atom. The molecule has 0 radical (unpaired) electrons. The predicted molar refractivity (Wildman–Crippen MR) is 79.9 cm³/mol. The van der Waals surface area contributed by atoms with E-state index < -0.39 is 5.97 Å². The van der Waals surface area contributed by atoms with E-state index in [-0.39, 0.29) is 12.3 Å². The van der Waals surface area contributed by atoms with Crippen molar-refractivity contribution >= 4 is 11.9 Å². The van der Waals surface area contributed by atoms with E-state index in [1.54, 1.807) is 23.1 Å². The van der Waals surface area contributed by atoms with E-state index in [0.29, 0.717) is 24.9 Å². The molecular weight excluding hydrogens is 284 g/mol. The number of hydrogen-bond acceptors (Lipinski definition) is 4. The average Bonchev–Trinajstić information content (AvgIpc) is 3.00. The Kier molecular flexibility index (Phi) is 5.24. The van der Waals surface area contributed by atoms with Crippen LogP contribution in [0.5, 0.6) is 0 Å². The van der Waals surface area contributed by atoms with Crippen molar-refractivity contribution in [2.75, 3.05) is 6.54 Å². The maximum absolute atomic E-state index is 12.0. The van der Waals surface area contributed by atoms with Gasteiger partial charge in [-0.05, 0) is 43.5 Å². The average molecular weight is 302 g/mol. The van der Waals surface area contributed by atoms with Crippen LogP contribution in [0.3, 0.4) is 0 Å². The van der Waals surface area contributed by atoms with Crippen LogP contribution in [0.2, 0.25) is 0 Å². The monoisotopic (exact) mass is 302 g/mol. The van der Waals surface area contributed by atoms with Crippen LogP contribution in [-0.4, -0.2) is 38.3 Å². The number of benzene rings is 1. The number of carbonyl (C=O) groups excluding carboxylic acids is 1. The van der Waals surface area contributed by atoms with Crippen LogP contribution in [0.15, 0.2) is 30.9 Å².